The molecule has 2 amide bonds. The highest BCUT2D eigenvalue weighted by molar-refractivity contribution is 7.17. The van der Waals surface area contributed by atoms with Crippen LogP contribution in [0.3, 0.4) is 0 Å². The summed E-state index contributed by atoms with van der Waals surface area (Å²) in [6.45, 7) is 0. The molecule has 0 aromatic carbocycles. The number of rotatable bonds is 4. The van der Waals surface area contributed by atoms with E-state index in [0.29, 0.717) is 10.6 Å². The molecule has 0 radical (unpaired) electrons. The minimum absolute atomic E-state index is 0.198. The van der Waals surface area contributed by atoms with E-state index in [1.807, 2.05) is 0 Å². The number of aryl methyl sites for hydroxylation is 1. The number of nitrogens with two attached hydrogens (primary N) is 1. The van der Waals surface area contributed by atoms with Gasteiger partial charge in [-0.3, -0.25) is 19.7 Å². The number of nitro groups is 1. The zero-order valence-electron chi connectivity index (χ0n) is 11.3. The van der Waals surface area contributed by atoms with E-state index in [2.05, 4.69) is 5.32 Å². The van der Waals surface area contributed by atoms with E-state index in [1.165, 1.54) is 17.4 Å². The average Bonchev–Trinajstić information content (AvgIpc) is 3.12. The lowest BCUT2D eigenvalue weighted by molar-refractivity contribution is -0.402. The van der Waals surface area contributed by atoms with Gasteiger partial charge < -0.3 is 15.5 Å². The number of fused-ring (bicyclic) bond motifs is 1. The third-order valence-corrected chi connectivity index (χ3v) is 4.60. The summed E-state index contributed by atoms with van der Waals surface area (Å²) in [4.78, 5) is 34.6. The Hall–Kier alpha value is -2.68. The van der Waals surface area contributed by atoms with E-state index < -0.39 is 22.6 Å². The zero-order chi connectivity index (χ0) is 15.9. The molecule has 3 rings (SSSR count). The number of thiophene rings is 1. The quantitative estimate of drug-likeness (QED) is 0.658. The summed E-state index contributed by atoms with van der Waals surface area (Å²) in [6, 6.07) is 2.30. The Balaban J connectivity index is 1.88. The molecule has 2 heterocycles. The highest BCUT2D eigenvalue weighted by atomic mass is 32.1. The minimum atomic E-state index is -0.731. The molecule has 8 nitrogen and oxygen atoms in total. The lowest BCUT2D eigenvalue weighted by Gasteiger charge is -2.03. The number of carbonyl (C=O) groups excluding carboxylic acids is 2. The Morgan fingerprint density at radius 3 is 2.77 bits per heavy atom. The second-order valence-corrected chi connectivity index (χ2v) is 5.88. The number of amides is 2. The maximum absolute atomic E-state index is 12.1. The van der Waals surface area contributed by atoms with Crippen molar-refractivity contribution in [3.8, 4) is 0 Å². The van der Waals surface area contributed by atoms with Gasteiger partial charge in [-0.25, -0.2) is 0 Å². The SMILES string of the molecule is NC(=O)c1c(NC(=O)c2ccc([N+](=O)[O-])o2)sc2c1CCC2. The first-order valence-corrected chi connectivity index (χ1v) is 7.29. The van der Waals surface area contributed by atoms with Crippen LogP contribution in [0.15, 0.2) is 16.5 Å². The molecule has 22 heavy (non-hydrogen) atoms. The molecule has 0 aliphatic heterocycles. The van der Waals surface area contributed by atoms with Crippen LogP contribution in [0.2, 0.25) is 0 Å². The largest absolute Gasteiger partial charge is 0.433 e. The Labute approximate surface area is 128 Å². The first-order chi connectivity index (χ1) is 10.5. The van der Waals surface area contributed by atoms with Crippen molar-refractivity contribution >= 4 is 34.0 Å². The van der Waals surface area contributed by atoms with E-state index in [4.69, 9.17) is 10.2 Å². The monoisotopic (exact) mass is 321 g/mol. The summed E-state index contributed by atoms with van der Waals surface area (Å²) >= 11 is 1.30. The second-order valence-electron chi connectivity index (χ2n) is 4.77. The predicted molar refractivity (Wildman–Crippen MR) is 78.2 cm³/mol. The third kappa shape index (κ3) is 2.35. The molecule has 1 aliphatic carbocycles. The van der Waals surface area contributed by atoms with Gasteiger partial charge in [-0.1, -0.05) is 0 Å². The molecule has 0 bridgehead atoms. The van der Waals surface area contributed by atoms with Crippen LogP contribution < -0.4 is 11.1 Å². The van der Waals surface area contributed by atoms with Crippen molar-refractivity contribution in [3.63, 3.8) is 0 Å². The van der Waals surface area contributed by atoms with Gasteiger partial charge in [0.25, 0.3) is 11.8 Å². The standard InChI is InChI=1S/C13H11N3O5S/c14-11(17)10-6-2-1-3-8(6)22-13(10)15-12(18)7-4-5-9(21-7)16(19)20/h4-5H,1-3H2,(H2,14,17)(H,15,18). The Morgan fingerprint density at radius 2 is 2.14 bits per heavy atom. The smallest absolute Gasteiger partial charge is 0.395 e. The first-order valence-electron chi connectivity index (χ1n) is 6.47. The highest BCUT2D eigenvalue weighted by Crippen LogP contribution is 2.39. The lowest BCUT2D eigenvalue weighted by atomic mass is 10.1. The van der Waals surface area contributed by atoms with Gasteiger partial charge in [0, 0.05) is 4.88 Å². The van der Waals surface area contributed by atoms with Crippen LogP contribution in [0.25, 0.3) is 0 Å². The zero-order valence-corrected chi connectivity index (χ0v) is 12.1. The van der Waals surface area contributed by atoms with Gasteiger partial charge in [-0.05, 0) is 30.9 Å². The van der Waals surface area contributed by atoms with E-state index >= 15 is 0 Å². The van der Waals surface area contributed by atoms with Crippen LogP contribution in [-0.4, -0.2) is 16.7 Å². The molecular formula is C13H11N3O5S. The molecule has 2 aromatic heterocycles. The Bertz CT molecular complexity index is 792. The van der Waals surface area contributed by atoms with Crippen molar-refractivity contribution < 1.29 is 18.9 Å². The maximum atomic E-state index is 12.1. The van der Waals surface area contributed by atoms with Crippen molar-refractivity contribution in [2.75, 3.05) is 5.32 Å². The fourth-order valence-corrected chi connectivity index (χ4v) is 3.76. The van der Waals surface area contributed by atoms with Gasteiger partial charge >= 0.3 is 5.88 Å². The molecule has 2 aromatic rings. The summed E-state index contributed by atoms with van der Waals surface area (Å²) < 4.78 is 4.83. The second kappa shape index (κ2) is 5.26. The number of anilines is 1. The normalized spacial score (nSPS) is 12.9. The summed E-state index contributed by atoms with van der Waals surface area (Å²) in [5.74, 6) is -1.97. The predicted octanol–water partition coefficient (Wildman–Crippen LogP) is 2.09. The van der Waals surface area contributed by atoms with Crippen LogP contribution in [0.5, 0.6) is 0 Å². The van der Waals surface area contributed by atoms with Crippen LogP contribution >= 0.6 is 11.3 Å². The molecule has 1 aliphatic rings. The first kappa shape index (κ1) is 14.3. The molecule has 0 unspecified atom stereocenters. The molecule has 0 spiro atoms. The van der Waals surface area contributed by atoms with Crippen molar-refractivity contribution in [2.24, 2.45) is 5.73 Å². The fourth-order valence-electron chi connectivity index (χ4n) is 2.47. The van der Waals surface area contributed by atoms with Gasteiger partial charge in [0.2, 0.25) is 0 Å². The van der Waals surface area contributed by atoms with Crippen molar-refractivity contribution in [1.82, 2.24) is 0 Å². The topological polar surface area (TPSA) is 128 Å². The Morgan fingerprint density at radius 1 is 1.36 bits per heavy atom. The van der Waals surface area contributed by atoms with Crippen molar-refractivity contribution in [2.45, 2.75) is 19.3 Å². The van der Waals surface area contributed by atoms with Crippen molar-refractivity contribution in [1.29, 1.82) is 0 Å². The molecule has 0 atom stereocenters. The number of hydrogen-bond acceptors (Lipinski definition) is 6. The molecule has 0 saturated heterocycles. The van der Waals surface area contributed by atoms with Gasteiger partial charge in [0.1, 0.15) is 9.92 Å². The average molecular weight is 321 g/mol. The number of furan rings is 1. The van der Waals surface area contributed by atoms with Gasteiger partial charge in [0.15, 0.2) is 5.76 Å². The molecule has 9 heteroatoms. The highest BCUT2D eigenvalue weighted by Gasteiger charge is 2.27. The van der Waals surface area contributed by atoms with Gasteiger partial charge in [-0.15, -0.1) is 11.3 Å². The Kier molecular flexibility index (Phi) is 3.41. The molecular weight excluding hydrogens is 310 g/mol. The summed E-state index contributed by atoms with van der Waals surface area (Å²) in [5.41, 5.74) is 6.61. The lowest BCUT2D eigenvalue weighted by Crippen LogP contribution is -2.17. The third-order valence-electron chi connectivity index (χ3n) is 3.39. The van der Waals surface area contributed by atoms with E-state index in [1.54, 1.807) is 0 Å². The number of nitrogens with one attached hydrogen (secondary N) is 1. The molecule has 0 saturated carbocycles. The number of primary amides is 1. The van der Waals surface area contributed by atoms with E-state index in [-0.39, 0.29) is 5.76 Å². The van der Waals surface area contributed by atoms with Crippen LogP contribution in [-0.2, 0) is 12.8 Å². The number of hydrogen-bond donors (Lipinski definition) is 2. The van der Waals surface area contributed by atoms with Gasteiger partial charge in [-0.2, -0.15) is 0 Å². The number of nitrogens with zero attached hydrogens (tertiary/aromatic N) is 1. The van der Waals surface area contributed by atoms with Crippen LogP contribution in [0.1, 0.15) is 37.8 Å². The summed E-state index contributed by atoms with van der Waals surface area (Å²) in [6.07, 6.45) is 2.56. The number of carbonyl (C=O) groups is 2. The van der Waals surface area contributed by atoms with Crippen LogP contribution in [0, 0.1) is 10.1 Å². The van der Waals surface area contributed by atoms with Gasteiger partial charge in [0.05, 0.1) is 11.6 Å². The maximum Gasteiger partial charge on any atom is 0.433 e. The molecule has 3 N–H and O–H groups in total. The summed E-state index contributed by atoms with van der Waals surface area (Å²) in [7, 11) is 0. The van der Waals surface area contributed by atoms with Crippen LogP contribution in [0.4, 0.5) is 10.9 Å². The molecule has 114 valence electrons. The minimum Gasteiger partial charge on any atom is -0.395 e. The van der Waals surface area contributed by atoms with E-state index in [9.17, 15) is 19.7 Å². The fraction of sp³-hybridized carbons (Fsp3) is 0.231. The summed E-state index contributed by atoms with van der Waals surface area (Å²) in [5, 5.41) is 13.5. The van der Waals surface area contributed by atoms with E-state index in [0.717, 1.165) is 35.8 Å². The molecule has 0 fully saturated rings. The van der Waals surface area contributed by atoms with Crippen molar-refractivity contribution in [3.05, 3.63) is 44.0 Å².